The van der Waals surface area contributed by atoms with Gasteiger partial charge in [-0.1, -0.05) is 5.16 Å². The summed E-state index contributed by atoms with van der Waals surface area (Å²) in [6.45, 7) is 1.71. The van der Waals surface area contributed by atoms with Crippen molar-refractivity contribution in [1.82, 2.24) is 24.1 Å². The van der Waals surface area contributed by atoms with E-state index < -0.39 is 0 Å². The van der Waals surface area contributed by atoms with Crippen LogP contribution in [-0.4, -0.2) is 24.1 Å². The van der Waals surface area contributed by atoms with Crippen LogP contribution in [0.5, 0.6) is 0 Å². The molecule has 0 spiro atoms. The highest BCUT2D eigenvalue weighted by Gasteiger charge is 2.18. The predicted molar refractivity (Wildman–Crippen MR) is 73.8 cm³/mol. The molecule has 0 fully saturated rings. The van der Waals surface area contributed by atoms with Crippen LogP contribution < -0.4 is 5.56 Å². The van der Waals surface area contributed by atoms with Crippen molar-refractivity contribution in [3.05, 3.63) is 34.0 Å². The number of thiophene rings is 1. The van der Waals surface area contributed by atoms with Gasteiger partial charge in [-0.3, -0.25) is 13.8 Å². The van der Waals surface area contributed by atoms with Crippen LogP contribution in [0.2, 0.25) is 0 Å². The van der Waals surface area contributed by atoms with Gasteiger partial charge < -0.3 is 4.52 Å². The van der Waals surface area contributed by atoms with Crippen molar-refractivity contribution in [3.63, 3.8) is 0 Å². The molecule has 0 saturated heterocycles. The van der Waals surface area contributed by atoms with E-state index in [1.165, 1.54) is 11.3 Å². The lowest BCUT2D eigenvalue weighted by atomic mass is 10.4. The lowest BCUT2D eigenvalue weighted by molar-refractivity contribution is 0.394. The third-order valence-electron chi connectivity index (χ3n) is 3.20. The van der Waals surface area contributed by atoms with Crippen LogP contribution in [-0.2, 0) is 7.05 Å². The van der Waals surface area contributed by atoms with Gasteiger partial charge in [-0.15, -0.1) is 11.3 Å². The highest BCUT2D eigenvalue weighted by molar-refractivity contribution is 7.17. The SMILES string of the molecule is Cc1nc(-c2ncn3c4ccsc4c(=O)n(C)c23)no1. The van der Waals surface area contributed by atoms with E-state index in [-0.39, 0.29) is 5.56 Å². The molecule has 0 amide bonds. The molecule has 0 saturated carbocycles. The second-order valence-corrected chi connectivity index (χ2v) is 5.34. The Labute approximate surface area is 116 Å². The van der Waals surface area contributed by atoms with E-state index in [1.54, 1.807) is 24.9 Å². The molecule has 0 aliphatic carbocycles. The van der Waals surface area contributed by atoms with Crippen molar-refractivity contribution in [2.24, 2.45) is 7.05 Å². The molecule has 100 valence electrons. The summed E-state index contributed by atoms with van der Waals surface area (Å²) in [5.74, 6) is 0.845. The van der Waals surface area contributed by atoms with E-state index in [2.05, 4.69) is 15.1 Å². The van der Waals surface area contributed by atoms with E-state index in [0.717, 1.165) is 5.52 Å². The zero-order valence-electron chi connectivity index (χ0n) is 10.7. The van der Waals surface area contributed by atoms with Gasteiger partial charge in [-0.25, -0.2) is 4.98 Å². The van der Waals surface area contributed by atoms with Crippen molar-refractivity contribution >= 4 is 27.2 Å². The van der Waals surface area contributed by atoms with Crippen LogP contribution in [0.4, 0.5) is 0 Å². The minimum absolute atomic E-state index is 0.0514. The molecule has 4 aromatic rings. The average Bonchev–Trinajstić information content (AvgIpc) is 3.12. The molecule has 0 aliphatic heterocycles. The van der Waals surface area contributed by atoms with Crippen molar-refractivity contribution in [2.45, 2.75) is 6.92 Å². The van der Waals surface area contributed by atoms with E-state index in [9.17, 15) is 4.79 Å². The van der Waals surface area contributed by atoms with Crippen LogP contribution in [0.1, 0.15) is 5.89 Å². The minimum atomic E-state index is -0.0514. The number of fused-ring (bicyclic) bond motifs is 3. The van der Waals surface area contributed by atoms with Crippen molar-refractivity contribution in [1.29, 1.82) is 0 Å². The number of aryl methyl sites for hydroxylation is 2. The number of hydrogen-bond donors (Lipinski definition) is 0. The summed E-state index contributed by atoms with van der Waals surface area (Å²) in [6.07, 6.45) is 1.67. The second kappa shape index (κ2) is 3.76. The van der Waals surface area contributed by atoms with E-state index in [4.69, 9.17) is 4.52 Å². The zero-order chi connectivity index (χ0) is 13.9. The number of hydrogen-bond acceptors (Lipinski definition) is 6. The maximum atomic E-state index is 12.4. The van der Waals surface area contributed by atoms with Gasteiger partial charge in [0.05, 0.1) is 5.52 Å². The van der Waals surface area contributed by atoms with Crippen molar-refractivity contribution < 1.29 is 4.52 Å². The third kappa shape index (κ3) is 1.33. The Morgan fingerprint density at radius 3 is 3.00 bits per heavy atom. The van der Waals surface area contributed by atoms with E-state index >= 15 is 0 Å². The molecule has 4 aromatic heterocycles. The summed E-state index contributed by atoms with van der Waals surface area (Å²) in [5.41, 5.74) is 1.98. The standard InChI is InChI=1S/C12H9N5O2S/c1-6-14-10(15-19-6)8-11-16(2)12(18)9-7(3-4-20-9)17(11)5-13-8/h3-5H,1-2H3. The topological polar surface area (TPSA) is 78.2 Å². The Bertz CT molecular complexity index is 1010. The molecule has 0 unspecified atom stereocenters. The van der Waals surface area contributed by atoms with Gasteiger partial charge in [0, 0.05) is 14.0 Å². The maximum Gasteiger partial charge on any atom is 0.271 e. The normalized spacial score (nSPS) is 11.7. The maximum absolute atomic E-state index is 12.4. The molecular weight excluding hydrogens is 278 g/mol. The molecule has 4 rings (SSSR count). The summed E-state index contributed by atoms with van der Waals surface area (Å²) in [7, 11) is 1.72. The van der Waals surface area contributed by atoms with Gasteiger partial charge >= 0.3 is 0 Å². The fourth-order valence-corrected chi connectivity index (χ4v) is 3.15. The molecule has 0 aliphatic rings. The van der Waals surface area contributed by atoms with Gasteiger partial charge in [0.2, 0.25) is 11.7 Å². The summed E-state index contributed by atoms with van der Waals surface area (Å²) in [5, 5.41) is 5.76. The van der Waals surface area contributed by atoms with Crippen LogP contribution in [0.15, 0.2) is 27.1 Å². The van der Waals surface area contributed by atoms with Crippen LogP contribution >= 0.6 is 11.3 Å². The van der Waals surface area contributed by atoms with Crippen LogP contribution in [0.25, 0.3) is 27.4 Å². The lowest BCUT2D eigenvalue weighted by Gasteiger charge is -2.04. The second-order valence-electron chi connectivity index (χ2n) is 4.42. The quantitative estimate of drug-likeness (QED) is 0.531. The Morgan fingerprint density at radius 2 is 2.25 bits per heavy atom. The molecule has 0 N–H and O–H groups in total. The Morgan fingerprint density at radius 1 is 1.40 bits per heavy atom. The molecule has 0 atom stereocenters. The molecule has 0 radical (unpaired) electrons. The van der Waals surface area contributed by atoms with Gasteiger partial charge in [0.15, 0.2) is 11.3 Å². The van der Waals surface area contributed by atoms with Gasteiger partial charge in [-0.2, -0.15) is 4.98 Å². The third-order valence-corrected chi connectivity index (χ3v) is 4.09. The zero-order valence-corrected chi connectivity index (χ0v) is 11.5. The van der Waals surface area contributed by atoms with Gasteiger partial charge in [-0.05, 0) is 11.4 Å². The fourth-order valence-electron chi connectivity index (χ4n) is 2.29. The van der Waals surface area contributed by atoms with Crippen LogP contribution in [0, 0.1) is 6.92 Å². The highest BCUT2D eigenvalue weighted by Crippen LogP contribution is 2.24. The molecule has 0 bridgehead atoms. The monoisotopic (exact) mass is 287 g/mol. The largest absolute Gasteiger partial charge is 0.339 e. The summed E-state index contributed by atoms with van der Waals surface area (Å²) in [4.78, 5) is 20.9. The fraction of sp³-hybridized carbons (Fsp3) is 0.167. The first-order valence-corrected chi connectivity index (χ1v) is 6.78. The van der Waals surface area contributed by atoms with Crippen molar-refractivity contribution in [2.75, 3.05) is 0 Å². The van der Waals surface area contributed by atoms with Gasteiger partial charge in [0.25, 0.3) is 5.56 Å². The first-order valence-electron chi connectivity index (χ1n) is 5.91. The number of nitrogens with zero attached hydrogens (tertiary/aromatic N) is 5. The summed E-state index contributed by atoms with van der Waals surface area (Å²) >= 11 is 1.42. The summed E-state index contributed by atoms with van der Waals surface area (Å²) < 4.78 is 9.12. The van der Waals surface area contributed by atoms with E-state index in [0.29, 0.717) is 27.8 Å². The summed E-state index contributed by atoms with van der Waals surface area (Å²) in [6, 6.07) is 1.90. The molecule has 4 heterocycles. The lowest BCUT2D eigenvalue weighted by Crippen LogP contribution is -2.18. The molecule has 8 heteroatoms. The Hall–Kier alpha value is -2.48. The molecular formula is C12H9N5O2S. The Kier molecular flexibility index (Phi) is 2.14. The van der Waals surface area contributed by atoms with Crippen LogP contribution in [0.3, 0.4) is 0 Å². The molecule has 20 heavy (non-hydrogen) atoms. The number of imidazole rings is 1. The first-order chi connectivity index (χ1) is 9.66. The van der Waals surface area contributed by atoms with Gasteiger partial charge in [0.1, 0.15) is 11.0 Å². The predicted octanol–water partition coefficient (Wildman–Crippen LogP) is 1.61. The number of rotatable bonds is 1. The molecule has 7 nitrogen and oxygen atoms in total. The smallest absolute Gasteiger partial charge is 0.271 e. The number of aromatic nitrogens is 5. The average molecular weight is 287 g/mol. The first kappa shape index (κ1) is 11.4. The highest BCUT2D eigenvalue weighted by atomic mass is 32.1. The minimum Gasteiger partial charge on any atom is -0.339 e. The molecule has 0 aromatic carbocycles. The van der Waals surface area contributed by atoms with Crippen molar-refractivity contribution in [3.8, 4) is 11.5 Å². The van der Waals surface area contributed by atoms with E-state index in [1.807, 2.05) is 15.8 Å². The Balaban J connectivity index is 2.20.